The third-order valence-electron chi connectivity index (χ3n) is 5.42. The van der Waals surface area contributed by atoms with E-state index in [1.807, 2.05) is 12.1 Å². The number of amides is 2. The normalized spacial score (nSPS) is 17.8. The molecule has 2 amide bonds. The van der Waals surface area contributed by atoms with Crippen molar-refractivity contribution in [3.8, 4) is 12.3 Å². The van der Waals surface area contributed by atoms with Gasteiger partial charge in [-0.05, 0) is 62.4 Å². The van der Waals surface area contributed by atoms with E-state index in [0.29, 0.717) is 11.5 Å². The van der Waals surface area contributed by atoms with E-state index in [9.17, 15) is 14.4 Å². The largest absolute Gasteiger partial charge is 0.481 e. The van der Waals surface area contributed by atoms with Crippen molar-refractivity contribution < 1.29 is 19.5 Å². The highest BCUT2D eigenvalue weighted by atomic mass is 16.4. The van der Waals surface area contributed by atoms with E-state index in [1.54, 1.807) is 11.0 Å². The summed E-state index contributed by atoms with van der Waals surface area (Å²) >= 11 is 0. The fraction of sp³-hybridized carbons (Fsp3) is 0.500. The van der Waals surface area contributed by atoms with Crippen LogP contribution in [0.1, 0.15) is 53.9 Å². The van der Waals surface area contributed by atoms with Gasteiger partial charge in [0.15, 0.2) is 0 Å². The SMILES string of the molecule is C#CC(CC(=O)O)NC(=O)CN(C(=O)c1cccc(C2CCNCC2)c1)C1CC1. The Balaban J connectivity index is 1.68. The minimum atomic E-state index is -1.09. The van der Waals surface area contributed by atoms with Crippen molar-refractivity contribution in [3.05, 3.63) is 35.4 Å². The fourth-order valence-electron chi connectivity index (χ4n) is 3.72. The summed E-state index contributed by atoms with van der Waals surface area (Å²) in [5.41, 5.74) is 1.74. The highest BCUT2D eigenvalue weighted by molar-refractivity contribution is 5.97. The first-order chi connectivity index (χ1) is 14.0. The molecule has 0 radical (unpaired) electrons. The lowest BCUT2D eigenvalue weighted by Gasteiger charge is -2.25. The van der Waals surface area contributed by atoms with Gasteiger partial charge in [0.05, 0.1) is 6.42 Å². The molecule has 2 aliphatic rings. The standard InChI is InChI=1S/C22H27N3O4/c1-2-18(13-21(27)28)24-20(26)14-25(19-6-7-19)22(29)17-5-3-4-16(12-17)15-8-10-23-11-9-15/h1,3-5,12,15,18-19,23H,6-11,13-14H2,(H,24,26)(H,27,28). The lowest BCUT2D eigenvalue weighted by Crippen LogP contribution is -2.45. The number of terminal acetylenes is 1. The van der Waals surface area contributed by atoms with Crippen LogP contribution in [0.15, 0.2) is 24.3 Å². The minimum Gasteiger partial charge on any atom is -0.481 e. The van der Waals surface area contributed by atoms with Crippen LogP contribution in [0.2, 0.25) is 0 Å². The van der Waals surface area contributed by atoms with Gasteiger partial charge in [-0.25, -0.2) is 0 Å². The average Bonchev–Trinajstić information content (AvgIpc) is 3.56. The summed E-state index contributed by atoms with van der Waals surface area (Å²) in [6.07, 6.45) is 8.76. The number of nitrogens with one attached hydrogen (secondary N) is 2. The third-order valence-corrected chi connectivity index (χ3v) is 5.42. The second-order valence-corrected chi connectivity index (χ2v) is 7.70. The molecule has 3 N–H and O–H groups in total. The summed E-state index contributed by atoms with van der Waals surface area (Å²) in [6, 6.07) is 6.84. The summed E-state index contributed by atoms with van der Waals surface area (Å²) < 4.78 is 0. The van der Waals surface area contributed by atoms with E-state index < -0.39 is 17.9 Å². The maximum atomic E-state index is 13.1. The number of carbonyl (C=O) groups excluding carboxylic acids is 2. The lowest BCUT2D eigenvalue weighted by molar-refractivity contribution is -0.137. The molecule has 1 unspecified atom stereocenters. The predicted molar refractivity (Wildman–Crippen MR) is 108 cm³/mol. The van der Waals surface area contributed by atoms with Crippen LogP contribution in [-0.2, 0) is 9.59 Å². The molecule has 1 saturated heterocycles. The van der Waals surface area contributed by atoms with Gasteiger partial charge >= 0.3 is 5.97 Å². The van der Waals surface area contributed by atoms with Crippen molar-refractivity contribution in [2.24, 2.45) is 0 Å². The van der Waals surface area contributed by atoms with Gasteiger partial charge in [-0.3, -0.25) is 14.4 Å². The van der Waals surface area contributed by atoms with E-state index in [1.165, 1.54) is 0 Å². The van der Waals surface area contributed by atoms with Crippen LogP contribution in [0.25, 0.3) is 0 Å². The van der Waals surface area contributed by atoms with Crippen molar-refractivity contribution >= 4 is 17.8 Å². The summed E-state index contributed by atoms with van der Waals surface area (Å²) in [6.45, 7) is 1.83. The number of carboxylic acid groups (broad SMARTS) is 1. The second-order valence-electron chi connectivity index (χ2n) is 7.70. The molecule has 1 heterocycles. The Labute approximate surface area is 170 Å². The van der Waals surface area contributed by atoms with Gasteiger partial charge < -0.3 is 20.6 Å². The van der Waals surface area contributed by atoms with Gasteiger partial charge in [-0.15, -0.1) is 6.42 Å². The van der Waals surface area contributed by atoms with Crippen molar-refractivity contribution in [1.82, 2.24) is 15.5 Å². The first kappa shape index (κ1) is 20.9. The molecule has 3 rings (SSSR count). The first-order valence-corrected chi connectivity index (χ1v) is 10.1. The fourth-order valence-corrected chi connectivity index (χ4v) is 3.72. The van der Waals surface area contributed by atoms with Crippen LogP contribution in [0.4, 0.5) is 0 Å². The van der Waals surface area contributed by atoms with Crippen LogP contribution in [0, 0.1) is 12.3 Å². The van der Waals surface area contributed by atoms with Crippen molar-refractivity contribution in [2.75, 3.05) is 19.6 Å². The molecular weight excluding hydrogens is 370 g/mol. The number of rotatable bonds is 8. The van der Waals surface area contributed by atoms with Crippen LogP contribution in [0.5, 0.6) is 0 Å². The molecule has 29 heavy (non-hydrogen) atoms. The minimum absolute atomic E-state index is 0.0412. The molecule has 7 nitrogen and oxygen atoms in total. The van der Waals surface area contributed by atoms with Gasteiger partial charge in [0.25, 0.3) is 5.91 Å². The van der Waals surface area contributed by atoms with Crippen LogP contribution in [-0.4, -0.2) is 59.5 Å². The highest BCUT2D eigenvalue weighted by Gasteiger charge is 2.35. The number of benzene rings is 1. The summed E-state index contributed by atoms with van der Waals surface area (Å²) in [5, 5.41) is 14.7. The predicted octanol–water partition coefficient (Wildman–Crippen LogP) is 1.35. The maximum Gasteiger partial charge on any atom is 0.306 e. The number of nitrogens with zero attached hydrogens (tertiary/aromatic N) is 1. The summed E-state index contributed by atoms with van der Waals surface area (Å²) in [4.78, 5) is 37.9. The lowest BCUT2D eigenvalue weighted by atomic mass is 9.89. The second kappa shape index (κ2) is 9.57. The third kappa shape index (κ3) is 5.81. The highest BCUT2D eigenvalue weighted by Crippen LogP contribution is 2.30. The Morgan fingerprint density at radius 1 is 1.24 bits per heavy atom. The molecule has 0 spiro atoms. The van der Waals surface area contributed by atoms with Gasteiger partial charge in [0.2, 0.25) is 5.91 Å². The van der Waals surface area contributed by atoms with Gasteiger partial charge in [0.1, 0.15) is 12.6 Å². The van der Waals surface area contributed by atoms with Crippen molar-refractivity contribution in [3.63, 3.8) is 0 Å². The zero-order valence-electron chi connectivity index (χ0n) is 16.4. The summed E-state index contributed by atoms with van der Waals surface area (Å²) in [5.74, 6) is 1.01. The molecule has 7 heteroatoms. The Hall–Kier alpha value is -2.85. The molecule has 1 atom stereocenters. The Bertz CT molecular complexity index is 807. The van der Waals surface area contributed by atoms with E-state index in [2.05, 4.69) is 22.6 Å². The number of hydrogen-bond donors (Lipinski definition) is 3. The molecule has 1 aliphatic heterocycles. The van der Waals surface area contributed by atoms with Crippen LogP contribution >= 0.6 is 0 Å². The van der Waals surface area contributed by atoms with E-state index in [0.717, 1.165) is 44.3 Å². The number of aliphatic carboxylic acids is 1. The molecule has 0 bridgehead atoms. The molecule has 1 saturated carbocycles. The summed E-state index contributed by atoms with van der Waals surface area (Å²) in [7, 11) is 0. The topological polar surface area (TPSA) is 98.7 Å². The maximum absolute atomic E-state index is 13.1. The quantitative estimate of drug-likeness (QED) is 0.575. The van der Waals surface area contributed by atoms with E-state index in [4.69, 9.17) is 11.5 Å². The Morgan fingerprint density at radius 3 is 2.59 bits per heavy atom. The number of carbonyl (C=O) groups is 3. The van der Waals surface area contributed by atoms with Gasteiger partial charge in [-0.1, -0.05) is 18.1 Å². The van der Waals surface area contributed by atoms with Crippen molar-refractivity contribution in [1.29, 1.82) is 0 Å². The van der Waals surface area contributed by atoms with E-state index >= 15 is 0 Å². The first-order valence-electron chi connectivity index (χ1n) is 10.1. The molecule has 2 fully saturated rings. The molecule has 1 aromatic carbocycles. The van der Waals surface area contributed by atoms with Crippen LogP contribution in [0.3, 0.4) is 0 Å². The van der Waals surface area contributed by atoms with Crippen molar-refractivity contribution in [2.45, 2.75) is 50.1 Å². The number of carboxylic acids is 1. The molecule has 1 aromatic rings. The zero-order chi connectivity index (χ0) is 20.8. The number of piperidine rings is 1. The van der Waals surface area contributed by atoms with Gasteiger partial charge in [0, 0.05) is 11.6 Å². The molecular formula is C22H27N3O4. The van der Waals surface area contributed by atoms with Gasteiger partial charge in [-0.2, -0.15) is 0 Å². The number of hydrogen-bond acceptors (Lipinski definition) is 4. The van der Waals surface area contributed by atoms with Crippen LogP contribution < -0.4 is 10.6 Å². The van der Waals surface area contributed by atoms with E-state index in [-0.39, 0.29) is 24.9 Å². The monoisotopic (exact) mass is 397 g/mol. The molecule has 0 aromatic heterocycles. The average molecular weight is 397 g/mol. The molecule has 154 valence electrons. The smallest absolute Gasteiger partial charge is 0.306 e. The zero-order valence-corrected chi connectivity index (χ0v) is 16.4. The Morgan fingerprint density at radius 2 is 1.97 bits per heavy atom. The Kier molecular flexibility index (Phi) is 6.89. The molecule has 1 aliphatic carbocycles.